The number of nitrogens with one attached hydrogen (secondary N) is 1. The molecule has 7 nitrogen and oxygen atoms in total. The van der Waals surface area contributed by atoms with Gasteiger partial charge >= 0.3 is 0 Å². The molecule has 35 heavy (non-hydrogen) atoms. The lowest BCUT2D eigenvalue weighted by atomic mass is 10.00. The van der Waals surface area contributed by atoms with Gasteiger partial charge in [-0.1, -0.05) is 24.3 Å². The summed E-state index contributed by atoms with van der Waals surface area (Å²) in [6.07, 6.45) is 6.20. The second-order valence-electron chi connectivity index (χ2n) is 9.98. The second-order valence-corrected chi connectivity index (χ2v) is 9.98. The summed E-state index contributed by atoms with van der Waals surface area (Å²) >= 11 is 0. The van der Waals surface area contributed by atoms with Crippen LogP contribution in [0.15, 0.2) is 42.6 Å². The molecule has 0 saturated carbocycles. The van der Waals surface area contributed by atoms with Crippen molar-refractivity contribution in [1.82, 2.24) is 20.3 Å². The highest BCUT2D eigenvalue weighted by Gasteiger charge is 2.34. The lowest BCUT2D eigenvalue weighted by Gasteiger charge is -2.34. The Kier molecular flexibility index (Phi) is 4.77. The first-order valence-electron chi connectivity index (χ1n) is 12.5. The molecule has 7 rings (SSSR count). The van der Waals surface area contributed by atoms with Gasteiger partial charge in [0.2, 0.25) is 5.95 Å². The minimum atomic E-state index is -0.472. The molecule has 0 amide bonds. The molecule has 3 fully saturated rings. The smallest absolute Gasteiger partial charge is 0.228 e. The van der Waals surface area contributed by atoms with Crippen LogP contribution in [0.4, 0.5) is 16.2 Å². The summed E-state index contributed by atoms with van der Waals surface area (Å²) in [5.41, 5.74) is 1.05. The summed E-state index contributed by atoms with van der Waals surface area (Å²) in [5.74, 6) is 0.972. The standard InChI is InChI=1S/C27H27FN6O/c28-23-24(21-12-19(35)11-16-5-1-2-6-20(16)21)29-13-22-25(23)31-27(33-9-3-4-10-33)32-26(22)34-14-17-7-8-18(15-34)30-17/h1-2,5-6,11-13,17-18,30,35H,3-4,7-10,14-15H2/t17-,18+. The molecule has 3 aliphatic rings. The van der Waals surface area contributed by atoms with Crippen molar-refractivity contribution in [2.75, 3.05) is 36.0 Å². The molecule has 4 aromatic rings. The Morgan fingerprint density at radius 1 is 0.943 bits per heavy atom. The van der Waals surface area contributed by atoms with Crippen LogP contribution >= 0.6 is 0 Å². The van der Waals surface area contributed by atoms with E-state index in [1.807, 2.05) is 24.3 Å². The van der Waals surface area contributed by atoms with Crippen molar-refractivity contribution in [3.05, 3.63) is 48.4 Å². The first kappa shape index (κ1) is 20.8. The van der Waals surface area contributed by atoms with Gasteiger partial charge in [-0.3, -0.25) is 4.98 Å². The number of aromatic hydroxyl groups is 1. The van der Waals surface area contributed by atoms with E-state index in [-0.39, 0.29) is 11.4 Å². The van der Waals surface area contributed by atoms with Gasteiger partial charge in [0.1, 0.15) is 22.8 Å². The summed E-state index contributed by atoms with van der Waals surface area (Å²) in [6, 6.07) is 11.8. The zero-order chi connectivity index (χ0) is 23.5. The number of fused-ring (bicyclic) bond motifs is 4. The zero-order valence-electron chi connectivity index (χ0n) is 19.4. The predicted molar refractivity (Wildman–Crippen MR) is 136 cm³/mol. The van der Waals surface area contributed by atoms with E-state index in [0.717, 1.165) is 68.5 Å². The largest absolute Gasteiger partial charge is 0.508 e. The fourth-order valence-corrected chi connectivity index (χ4v) is 5.98. The number of phenols is 1. The summed E-state index contributed by atoms with van der Waals surface area (Å²) in [5, 5.41) is 16.3. The average Bonchev–Trinajstić information content (AvgIpc) is 3.53. The third kappa shape index (κ3) is 3.46. The molecule has 2 N–H and O–H groups in total. The zero-order valence-corrected chi connectivity index (χ0v) is 19.4. The molecule has 0 radical (unpaired) electrons. The summed E-state index contributed by atoms with van der Waals surface area (Å²) < 4.78 is 16.3. The second kappa shape index (κ2) is 8.02. The van der Waals surface area contributed by atoms with E-state index >= 15 is 4.39 Å². The van der Waals surface area contributed by atoms with Crippen molar-refractivity contribution in [2.24, 2.45) is 0 Å². The van der Waals surface area contributed by atoms with Crippen LogP contribution in [0, 0.1) is 5.82 Å². The van der Waals surface area contributed by atoms with Gasteiger partial charge in [0.15, 0.2) is 5.82 Å². The van der Waals surface area contributed by atoms with E-state index in [2.05, 4.69) is 20.1 Å². The first-order chi connectivity index (χ1) is 17.1. The van der Waals surface area contributed by atoms with Gasteiger partial charge in [0.05, 0.1) is 5.39 Å². The Morgan fingerprint density at radius 3 is 2.51 bits per heavy atom. The lowest BCUT2D eigenvalue weighted by molar-refractivity contribution is 0.464. The number of pyridine rings is 1. The van der Waals surface area contributed by atoms with E-state index in [9.17, 15) is 5.11 Å². The molecule has 0 aliphatic carbocycles. The highest BCUT2D eigenvalue weighted by Crippen LogP contribution is 2.37. The van der Waals surface area contributed by atoms with Crippen molar-refractivity contribution >= 4 is 33.4 Å². The highest BCUT2D eigenvalue weighted by atomic mass is 19.1. The molecule has 8 heteroatoms. The fourth-order valence-electron chi connectivity index (χ4n) is 5.98. The summed E-state index contributed by atoms with van der Waals surface area (Å²) in [4.78, 5) is 18.7. The number of phenolic OH excluding ortho intramolecular Hbond substituents is 1. The Balaban J connectivity index is 1.44. The van der Waals surface area contributed by atoms with Crippen LogP contribution < -0.4 is 15.1 Å². The number of benzene rings is 2. The minimum absolute atomic E-state index is 0.0809. The Hall–Kier alpha value is -3.52. The third-order valence-corrected chi connectivity index (χ3v) is 7.66. The average molecular weight is 471 g/mol. The highest BCUT2D eigenvalue weighted by molar-refractivity contribution is 6.00. The Labute approximate surface area is 202 Å². The van der Waals surface area contributed by atoms with Crippen molar-refractivity contribution in [3.63, 3.8) is 0 Å². The molecular weight excluding hydrogens is 443 g/mol. The van der Waals surface area contributed by atoms with E-state index < -0.39 is 5.82 Å². The van der Waals surface area contributed by atoms with E-state index in [0.29, 0.717) is 34.5 Å². The fraction of sp³-hybridized carbons (Fsp3) is 0.370. The number of hydrogen-bond donors (Lipinski definition) is 2. The molecule has 2 aromatic carbocycles. The quantitative estimate of drug-likeness (QED) is 0.464. The number of piperazine rings is 1. The molecule has 0 unspecified atom stereocenters. The molecule has 2 bridgehead atoms. The number of nitrogens with zero attached hydrogens (tertiary/aromatic N) is 5. The maximum Gasteiger partial charge on any atom is 0.228 e. The van der Waals surface area contributed by atoms with Crippen molar-refractivity contribution in [2.45, 2.75) is 37.8 Å². The number of aromatic nitrogens is 3. The van der Waals surface area contributed by atoms with Gasteiger partial charge in [-0.15, -0.1) is 0 Å². The predicted octanol–water partition coefficient (Wildman–Crippen LogP) is 4.23. The number of rotatable bonds is 3. The molecule has 3 saturated heterocycles. The van der Waals surface area contributed by atoms with Crippen LogP contribution in [0.3, 0.4) is 0 Å². The molecule has 178 valence electrons. The monoisotopic (exact) mass is 470 g/mol. The van der Waals surface area contributed by atoms with Crippen LogP contribution in [0.5, 0.6) is 5.75 Å². The van der Waals surface area contributed by atoms with E-state index in [1.165, 1.54) is 0 Å². The molecule has 2 atom stereocenters. The lowest BCUT2D eigenvalue weighted by Crippen LogP contribution is -2.51. The number of anilines is 2. The van der Waals surface area contributed by atoms with E-state index in [1.54, 1.807) is 18.3 Å². The van der Waals surface area contributed by atoms with Crippen molar-refractivity contribution < 1.29 is 9.50 Å². The Morgan fingerprint density at radius 2 is 1.71 bits per heavy atom. The van der Waals surface area contributed by atoms with Gasteiger partial charge < -0.3 is 20.2 Å². The van der Waals surface area contributed by atoms with Crippen LogP contribution in [0.25, 0.3) is 32.9 Å². The molecule has 2 aromatic heterocycles. The maximum atomic E-state index is 16.3. The summed E-state index contributed by atoms with van der Waals surface area (Å²) in [6.45, 7) is 3.47. The number of hydrogen-bond acceptors (Lipinski definition) is 7. The van der Waals surface area contributed by atoms with Gasteiger partial charge in [-0.2, -0.15) is 4.98 Å². The molecule has 3 aliphatic heterocycles. The number of halogens is 1. The van der Waals surface area contributed by atoms with Crippen molar-refractivity contribution in [3.8, 4) is 17.0 Å². The van der Waals surface area contributed by atoms with Gasteiger partial charge in [-0.25, -0.2) is 9.37 Å². The Bertz CT molecular complexity index is 1440. The third-order valence-electron chi connectivity index (χ3n) is 7.66. The van der Waals surface area contributed by atoms with Crippen LogP contribution in [0.2, 0.25) is 0 Å². The molecule has 5 heterocycles. The normalized spacial score (nSPS) is 22.0. The maximum absolute atomic E-state index is 16.3. The SMILES string of the molecule is Oc1cc(-c2ncc3c(N4C[C@H]5CC[C@@H](C4)N5)nc(N4CCCC4)nc3c2F)c2ccccc2c1. The van der Waals surface area contributed by atoms with Gasteiger partial charge in [0.25, 0.3) is 0 Å². The van der Waals surface area contributed by atoms with Crippen LogP contribution in [-0.2, 0) is 0 Å². The van der Waals surface area contributed by atoms with Gasteiger partial charge in [-0.05, 0) is 48.6 Å². The van der Waals surface area contributed by atoms with Gasteiger partial charge in [0, 0.05) is 50.0 Å². The molecule has 0 spiro atoms. The first-order valence-corrected chi connectivity index (χ1v) is 12.5. The van der Waals surface area contributed by atoms with Crippen LogP contribution in [-0.4, -0.2) is 58.3 Å². The van der Waals surface area contributed by atoms with Crippen molar-refractivity contribution in [1.29, 1.82) is 0 Å². The minimum Gasteiger partial charge on any atom is -0.508 e. The topological polar surface area (TPSA) is 77.4 Å². The van der Waals surface area contributed by atoms with E-state index in [4.69, 9.17) is 9.97 Å². The summed E-state index contributed by atoms with van der Waals surface area (Å²) in [7, 11) is 0. The van der Waals surface area contributed by atoms with Crippen LogP contribution in [0.1, 0.15) is 25.7 Å². The molecular formula is C27H27FN6O.